The van der Waals surface area contributed by atoms with E-state index < -0.39 is 0 Å². The fourth-order valence-corrected chi connectivity index (χ4v) is 3.24. The summed E-state index contributed by atoms with van der Waals surface area (Å²) in [4.78, 5) is 17.3. The molecule has 1 N–H and O–H groups in total. The fourth-order valence-electron chi connectivity index (χ4n) is 2.39. The van der Waals surface area contributed by atoms with Crippen molar-refractivity contribution in [3.05, 3.63) is 69.6 Å². The third kappa shape index (κ3) is 3.77. The van der Waals surface area contributed by atoms with Gasteiger partial charge >= 0.3 is 0 Å². The molecule has 0 spiro atoms. The lowest BCUT2D eigenvalue weighted by atomic mass is 10.1. The lowest BCUT2D eigenvalue weighted by molar-refractivity contribution is -0.115. The number of rotatable bonds is 3. The number of benzene rings is 2. The van der Waals surface area contributed by atoms with E-state index in [1.165, 1.54) is 28.5 Å². The number of amidine groups is 1. The predicted molar refractivity (Wildman–Crippen MR) is 103 cm³/mol. The minimum Gasteiger partial charge on any atom is -0.300 e. The summed E-state index contributed by atoms with van der Waals surface area (Å²) in [5.41, 5.74) is 5.60. The molecule has 122 valence electrons. The number of nitrogens with zero attached hydrogens (tertiary/aromatic N) is 1. The highest BCUT2D eigenvalue weighted by molar-refractivity contribution is 8.18. The standard InChI is InChI=1S/C20H20N2OS/c1-4-15-6-8-16(9-7-15)12-18-19(23)22-20(24-18)21-17-10-5-13(2)14(3)11-17/h5-12H,4H2,1-3H3,(H,21,22,23)/b18-12-. The van der Waals surface area contributed by atoms with E-state index in [9.17, 15) is 4.79 Å². The van der Waals surface area contributed by atoms with Gasteiger partial charge in [-0.25, -0.2) is 4.99 Å². The van der Waals surface area contributed by atoms with Crippen LogP contribution >= 0.6 is 11.8 Å². The Labute approximate surface area is 146 Å². The fraction of sp³-hybridized carbons (Fsp3) is 0.200. The number of aryl methyl sites for hydroxylation is 3. The van der Waals surface area contributed by atoms with Crippen molar-refractivity contribution in [3.63, 3.8) is 0 Å². The molecule has 0 unspecified atom stereocenters. The lowest BCUT2D eigenvalue weighted by Crippen LogP contribution is -2.19. The van der Waals surface area contributed by atoms with E-state index in [0.717, 1.165) is 17.7 Å². The summed E-state index contributed by atoms with van der Waals surface area (Å²) >= 11 is 1.38. The molecule has 1 aliphatic heterocycles. The van der Waals surface area contributed by atoms with Crippen LogP contribution in [-0.2, 0) is 11.2 Å². The van der Waals surface area contributed by atoms with Crippen LogP contribution in [0.3, 0.4) is 0 Å². The van der Waals surface area contributed by atoms with Crippen LogP contribution in [0.4, 0.5) is 5.69 Å². The molecule has 24 heavy (non-hydrogen) atoms. The first-order valence-electron chi connectivity index (χ1n) is 8.01. The predicted octanol–water partition coefficient (Wildman–Crippen LogP) is 4.76. The van der Waals surface area contributed by atoms with E-state index in [4.69, 9.17) is 0 Å². The van der Waals surface area contributed by atoms with Crippen LogP contribution in [0.2, 0.25) is 0 Å². The molecular weight excluding hydrogens is 316 g/mol. The van der Waals surface area contributed by atoms with Crippen molar-refractivity contribution < 1.29 is 4.79 Å². The van der Waals surface area contributed by atoms with Crippen molar-refractivity contribution in [3.8, 4) is 0 Å². The highest BCUT2D eigenvalue weighted by Gasteiger charge is 2.23. The van der Waals surface area contributed by atoms with E-state index in [2.05, 4.69) is 43.2 Å². The second-order valence-electron chi connectivity index (χ2n) is 5.85. The smallest absolute Gasteiger partial charge is 0.264 e. The maximum Gasteiger partial charge on any atom is 0.264 e. The number of nitrogens with one attached hydrogen (secondary N) is 1. The normalized spacial score (nSPS) is 17.5. The van der Waals surface area contributed by atoms with E-state index in [1.807, 2.05) is 36.4 Å². The Hall–Kier alpha value is -2.33. The van der Waals surface area contributed by atoms with Gasteiger partial charge in [0.2, 0.25) is 0 Å². The summed E-state index contributed by atoms with van der Waals surface area (Å²) < 4.78 is 0. The molecule has 0 radical (unpaired) electrons. The third-order valence-corrected chi connectivity index (χ3v) is 4.97. The number of hydrogen-bond donors (Lipinski definition) is 1. The van der Waals surface area contributed by atoms with Crippen molar-refractivity contribution >= 4 is 34.6 Å². The van der Waals surface area contributed by atoms with E-state index in [-0.39, 0.29) is 5.91 Å². The van der Waals surface area contributed by atoms with Crippen LogP contribution in [-0.4, -0.2) is 11.1 Å². The highest BCUT2D eigenvalue weighted by Crippen LogP contribution is 2.28. The van der Waals surface area contributed by atoms with Crippen molar-refractivity contribution in [2.45, 2.75) is 27.2 Å². The molecule has 1 aliphatic rings. The SMILES string of the molecule is CCc1ccc(/C=C2\SC(=Nc3ccc(C)c(C)c3)NC2=O)cc1. The molecule has 0 saturated carbocycles. The Morgan fingerprint density at radius 1 is 1.08 bits per heavy atom. The Morgan fingerprint density at radius 2 is 1.83 bits per heavy atom. The van der Waals surface area contributed by atoms with Gasteiger partial charge in [-0.2, -0.15) is 0 Å². The average molecular weight is 336 g/mol. The molecule has 1 fully saturated rings. The summed E-state index contributed by atoms with van der Waals surface area (Å²) in [6, 6.07) is 14.3. The molecule has 0 atom stereocenters. The number of carbonyl (C=O) groups is 1. The van der Waals surface area contributed by atoms with Crippen LogP contribution in [0.5, 0.6) is 0 Å². The van der Waals surface area contributed by atoms with E-state index >= 15 is 0 Å². The lowest BCUT2D eigenvalue weighted by Gasteiger charge is -2.01. The van der Waals surface area contributed by atoms with Gasteiger partial charge < -0.3 is 5.32 Å². The molecule has 3 nitrogen and oxygen atoms in total. The van der Waals surface area contributed by atoms with Crippen LogP contribution in [0.25, 0.3) is 6.08 Å². The van der Waals surface area contributed by atoms with Gasteiger partial charge in [0.05, 0.1) is 10.6 Å². The third-order valence-electron chi connectivity index (χ3n) is 4.06. The number of hydrogen-bond acceptors (Lipinski definition) is 3. The first-order valence-corrected chi connectivity index (χ1v) is 8.82. The van der Waals surface area contributed by atoms with Crippen LogP contribution in [0, 0.1) is 13.8 Å². The van der Waals surface area contributed by atoms with Gasteiger partial charge in [0.15, 0.2) is 5.17 Å². The number of carbonyl (C=O) groups excluding carboxylic acids is 1. The number of amides is 1. The van der Waals surface area contributed by atoms with Crippen molar-refractivity contribution in [1.29, 1.82) is 0 Å². The first-order chi connectivity index (χ1) is 11.5. The van der Waals surface area contributed by atoms with Crippen LogP contribution in [0.15, 0.2) is 52.4 Å². The van der Waals surface area contributed by atoms with E-state index in [0.29, 0.717) is 10.1 Å². The maximum absolute atomic E-state index is 12.1. The summed E-state index contributed by atoms with van der Waals surface area (Å²) in [7, 11) is 0. The van der Waals surface area contributed by atoms with Crippen LogP contribution in [0.1, 0.15) is 29.2 Å². The largest absolute Gasteiger partial charge is 0.300 e. The summed E-state index contributed by atoms with van der Waals surface area (Å²) in [5, 5.41) is 3.46. The Kier molecular flexibility index (Phi) is 4.86. The van der Waals surface area contributed by atoms with Gasteiger partial charge in [-0.15, -0.1) is 0 Å². The monoisotopic (exact) mass is 336 g/mol. The molecule has 1 heterocycles. The summed E-state index contributed by atoms with van der Waals surface area (Å²) in [5.74, 6) is -0.0952. The number of aliphatic imine (C=N–C) groups is 1. The van der Waals surface area contributed by atoms with Crippen LogP contribution < -0.4 is 5.32 Å². The minimum absolute atomic E-state index is 0.0952. The van der Waals surface area contributed by atoms with Gasteiger partial charge in [0.1, 0.15) is 0 Å². The Balaban J connectivity index is 1.80. The molecule has 0 aliphatic carbocycles. The van der Waals surface area contributed by atoms with E-state index in [1.54, 1.807) is 0 Å². The van der Waals surface area contributed by atoms with Gasteiger partial charge in [-0.3, -0.25) is 4.79 Å². The Morgan fingerprint density at radius 3 is 2.50 bits per heavy atom. The molecule has 3 rings (SSSR count). The molecular formula is C20H20N2OS. The van der Waals surface area contributed by atoms with Crippen molar-refractivity contribution in [2.75, 3.05) is 0 Å². The average Bonchev–Trinajstić information content (AvgIpc) is 2.91. The first kappa shape index (κ1) is 16.5. The molecule has 1 saturated heterocycles. The number of thioether (sulfide) groups is 1. The summed E-state index contributed by atoms with van der Waals surface area (Å²) in [6.45, 7) is 6.26. The zero-order valence-electron chi connectivity index (χ0n) is 14.1. The molecule has 1 amide bonds. The minimum atomic E-state index is -0.0952. The quantitative estimate of drug-likeness (QED) is 0.821. The zero-order valence-corrected chi connectivity index (χ0v) is 14.9. The molecule has 2 aromatic carbocycles. The van der Waals surface area contributed by atoms with Gasteiger partial charge in [0.25, 0.3) is 5.91 Å². The van der Waals surface area contributed by atoms with Crippen molar-refractivity contribution in [1.82, 2.24) is 5.32 Å². The van der Waals surface area contributed by atoms with Gasteiger partial charge in [-0.05, 0) is 72.5 Å². The molecule has 4 heteroatoms. The second kappa shape index (κ2) is 7.05. The Bertz CT molecular complexity index is 835. The van der Waals surface area contributed by atoms with Gasteiger partial charge in [0, 0.05) is 0 Å². The maximum atomic E-state index is 12.1. The van der Waals surface area contributed by atoms with Gasteiger partial charge in [-0.1, -0.05) is 37.3 Å². The molecule has 0 bridgehead atoms. The highest BCUT2D eigenvalue weighted by atomic mass is 32.2. The molecule has 0 aromatic heterocycles. The summed E-state index contributed by atoms with van der Waals surface area (Å²) in [6.07, 6.45) is 2.92. The molecule has 2 aromatic rings. The van der Waals surface area contributed by atoms with Crippen molar-refractivity contribution in [2.24, 2.45) is 4.99 Å². The zero-order chi connectivity index (χ0) is 17.1. The topological polar surface area (TPSA) is 41.5 Å². The second-order valence-corrected chi connectivity index (χ2v) is 6.88.